The summed E-state index contributed by atoms with van der Waals surface area (Å²) in [6.07, 6.45) is 1.74. The minimum absolute atomic E-state index is 0.102. The van der Waals surface area contributed by atoms with Gasteiger partial charge >= 0.3 is 0 Å². The average Bonchev–Trinajstić information content (AvgIpc) is 3.26. The molecule has 0 atom stereocenters. The predicted molar refractivity (Wildman–Crippen MR) is 104 cm³/mol. The van der Waals surface area contributed by atoms with E-state index >= 15 is 0 Å². The van der Waals surface area contributed by atoms with Gasteiger partial charge in [0.2, 0.25) is 5.16 Å². The first kappa shape index (κ1) is 19.0. The van der Waals surface area contributed by atoms with Gasteiger partial charge in [-0.1, -0.05) is 25.1 Å². The first-order valence-electron chi connectivity index (χ1n) is 8.83. The molecule has 0 radical (unpaired) electrons. The second kappa shape index (κ2) is 7.59. The van der Waals surface area contributed by atoms with Gasteiger partial charge in [0.1, 0.15) is 11.4 Å². The molecule has 0 aliphatic rings. The Labute approximate surface area is 169 Å². The van der Waals surface area contributed by atoms with Crippen molar-refractivity contribution in [2.75, 3.05) is 0 Å². The fourth-order valence-electron chi connectivity index (χ4n) is 2.97. The molecule has 0 N–H and O–H groups in total. The summed E-state index contributed by atoms with van der Waals surface area (Å²) in [5, 5.41) is 11.9. The Balaban J connectivity index is 1.81. The molecule has 9 nitrogen and oxygen atoms in total. The lowest BCUT2D eigenvalue weighted by Crippen LogP contribution is -2.22. The number of hydrogen-bond donors (Lipinski definition) is 0. The fraction of sp³-hybridized carbons (Fsp3) is 0.222. The Morgan fingerprint density at radius 1 is 1.17 bits per heavy atom. The summed E-state index contributed by atoms with van der Waals surface area (Å²) in [5.74, 6) is -0.513. The lowest BCUT2D eigenvalue weighted by Gasteiger charge is -2.07. The van der Waals surface area contributed by atoms with Crippen LogP contribution in [0, 0.1) is 12.7 Å². The van der Waals surface area contributed by atoms with Crippen LogP contribution in [-0.2, 0) is 13.5 Å². The molecule has 11 heteroatoms. The zero-order chi connectivity index (χ0) is 20.5. The average molecular weight is 412 g/mol. The van der Waals surface area contributed by atoms with Gasteiger partial charge in [0, 0.05) is 7.05 Å². The van der Waals surface area contributed by atoms with E-state index in [0.717, 1.165) is 11.8 Å². The molecule has 4 rings (SSSR count). The minimum atomic E-state index is -0.513. The molecule has 0 saturated carbocycles. The summed E-state index contributed by atoms with van der Waals surface area (Å²) in [5.41, 5.74) is 1.68. The maximum Gasteiger partial charge on any atom is 0.297 e. The van der Waals surface area contributed by atoms with Crippen molar-refractivity contribution in [1.82, 2.24) is 39.5 Å². The van der Waals surface area contributed by atoms with Crippen LogP contribution >= 0.6 is 11.8 Å². The van der Waals surface area contributed by atoms with Crippen molar-refractivity contribution in [2.24, 2.45) is 7.05 Å². The number of aryl methyl sites for hydroxylation is 1. The standard InChI is InChI=1S/C18H17FN8OS/c1-4-13-14(19)16(21-10-20-13)29-18-22-23-24-26(18)15-11(2)25(3)27(17(15)28)12-8-6-5-7-9-12/h5-10H,4H2,1-3H3. The van der Waals surface area contributed by atoms with Crippen molar-refractivity contribution in [2.45, 2.75) is 30.5 Å². The molecule has 0 bridgehead atoms. The summed E-state index contributed by atoms with van der Waals surface area (Å²) in [6.45, 7) is 3.61. The number of halogens is 1. The zero-order valence-corrected chi connectivity index (χ0v) is 16.8. The van der Waals surface area contributed by atoms with Gasteiger partial charge < -0.3 is 0 Å². The molecule has 0 fully saturated rings. The molecular weight excluding hydrogens is 395 g/mol. The van der Waals surface area contributed by atoms with Gasteiger partial charge in [0.05, 0.1) is 17.1 Å². The van der Waals surface area contributed by atoms with E-state index in [9.17, 15) is 9.18 Å². The number of rotatable bonds is 5. The van der Waals surface area contributed by atoms with E-state index < -0.39 is 5.82 Å². The Morgan fingerprint density at radius 3 is 2.66 bits per heavy atom. The number of aromatic nitrogens is 8. The van der Waals surface area contributed by atoms with Gasteiger partial charge in [-0.05, 0) is 47.7 Å². The van der Waals surface area contributed by atoms with Crippen LogP contribution in [0.2, 0.25) is 0 Å². The summed E-state index contributed by atoms with van der Waals surface area (Å²) >= 11 is 0.944. The molecule has 0 amide bonds. The van der Waals surface area contributed by atoms with Crippen molar-refractivity contribution in [3.8, 4) is 11.4 Å². The summed E-state index contributed by atoms with van der Waals surface area (Å²) in [7, 11) is 1.78. The number of para-hydroxylation sites is 1. The van der Waals surface area contributed by atoms with Crippen LogP contribution in [0.1, 0.15) is 18.3 Å². The highest BCUT2D eigenvalue weighted by Crippen LogP contribution is 2.28. The Kier molecular flexibility index (Phi) is 4.97. The summed E-state index contributed by atoms with van der Waals surface area (Å²) in [4.78, 5) is 21.1. The Bertz CT molecular complexity index is 1230. The van der Waals surface area contributed by atoms with E-state index in [1.807, 2.05) is 37.3 Å². The quantitative estimate of drug-likeness (QED) is 0.463. The molecule has 0 unspecified atom stereocenters. The van der Waals surface area contributed by atoms with Crippen LogP contribution in [0.4, 0.5) is 4.39 Å². The van der Waals surface area contributed by atoms with Crippen molar-refractivity contribution in [1.29, 1.82) is 0 Å². The topological polar surface area (TPSA) is 96.3 Å². The van der Waals surface area contributed by atoms with Crippen LogP contribution in [-0.4, -0.2) is 39.5 Å². The molecular formula is C18H17FN8OS. The molecule has 1 aromatic carbocycles. The maximum atomic E-state index is 14.6. The molecule has 3 heterocycles. The van der Waals surface area contributed by atoms with Gasteiger partial charge in [-0.2, -0.15) is 4.68 Å². The van der Waals surface area contributed by atoms with Crippen LogP contribution in [0.15, 0.2) is 51.6 Å². The highest BCUT2D eigenvalue weighted by atomic mass is 32.2. The fourth-order valence-corrected chi connectivity index (χ4v) is 3.74. The molecule has 3 aromatic heterocycles. The van der Waals surface area contributed by atoms with Crippen molar-refractivity contribution in [3.05, 3.63) is 64.2 Å². The van der Waals surface area contributed by atoms with Gasteiger partial charge in [-0.25, -0.2) is 19.0 Å². The number of benzene rings is 1. The van der Waals surface area contributed by atoms with Crippen LogP contribution in [0.25, 0.3) is 11.4 Å². The molecule has 0 aliphatic carbocycles. The Hall–Kier alpha value is -3.34. The van der Waals surface area contributed by atoms with Crippen LogP contribution in [0.5, 0.6) is 0 Å². The van der Waals surface area contributed by atoms with Crippen LogP contribution in [0.3, 0.4) is 0 Å². The number of hydrogen-bond acceptors (Lipinski definition) is 7. The van der Waals surface area contributed by atoms with Gasteiger partial charge in [0.15, 0.2) is 11.5 Å². The lowest BCUT2D eigenvalue weighted by atomic mass is 10.3. The zero-order valence-electron chi connectivity index (χ0n) is 15.9. The van der Waals surface area contributed by atoms with E-state index in [4.69, 9.17) is 0 Å². The lowest BCUT2D eigenvalue weighted by molar-refractivity contribution is 0.558. The van der Waals surface area contributed by atoms with E-state index in [1.165, 1.54) is 15.7 Å². The molecule has 29 heavy (non-hydrogen) atoms. The van der Waals surface area contributed by atoms with Crippen molar-refractivity contribution in [3.63, 3.8) is 0 Å². The van der Waals surface area contributed by atoms with E-state index in [0.29, 0.717) is 23.5 Å². The monoisotopic (exact) mass is 412 g/mol. The van der Waals surface area contributed by atoms with E-state index in [1.54, 1.807) is 18.7 Å². The summed E-state index contributed by atoms with van der Waals surface area (Å²) < 4.78 is 19.1. The van der Waals surface area contributed by atoms with Crippen LogP contribution < -0.4 is 5.56 Å². The smallest absolute Gasteiger partial charge is 0.283 e. The second-order valence-electron chi connectivity index (χ2n) is 6.18. The highest BCUT2D eigenvalue weighted by Gasteiger charge is 2.23. The molecule has 4 aromatic rings. The first-order chi connectivity index (χ1) is 14.0. The maximum absolute atomic E-state index is 14.6. The minimum Gasteiger partial charge on any atom is -0.283 e. The molecule has 0 saturated heterocycles. The third-order valence-corrected chi connectivity index (χ3v) is 5.44. The molecule has 0 aliphatic heterocycles. The number of tetrazole rings is 1. The van der Waals surface area contributed by atoms with E-state index in [-0.39, 0.29) is 21.4 Å². The van der Waals surface area contributed by atoms with Crippen molar-refractivity contribution < 1.29 is 4.39 Å². The normalized spacial score (nSPS) is 11.2. The van der Waals surface area contributed by atoms with E-state index in [2.05, 4.69) is 25.5 Å². The van der Waals surface area contributed by atoms with Crippen molar-refractivity contribution >= 4 is 11.8 Å². The predicted octanol–water partition coefficient (Wildman–Crippen LogP) is 2.10. The summed E-state index contributed by atoms with van der Waals surface area (Å²) in [6, 6.07) is 9.25. The molecule has 0 spiro atoms. The number of nitrogens with zero attached hydrogens (tertiary/aromatic N) is 8. The van der Waals surface area contributed by atoms with Gasteiger partial charge in [0.25, 0.3) is 5.56 Å². The highest BCUT2D eigenvalue weighted by molar-refractivity contribution is 7.99. The largest absolute Gasteiger partial charge is 0.297 e. The third kappa shape index (κ3) is 3.23. The molecule has 148 valence electrons. The second-order valence-corrected chi connectivity index (χ2v) is 7.13. The SMILES string of the molecule is CCc1ncnc(Sc2nnnn2-c2c(C)n(C)n(-c3ccccc3)c2=O)c1F. The third-order valence-electron chi connectivity index (χ3n) is 4.53. The van der Waals surface area contributed by atoms with Gasteiger partial charge in [-0.15, -0.1) is 5.10 Å². The van der Waals surface area contributed by atoms with Gasteiger partial charge in [-0.3, -0.25) is 9.48 Å². The first-order valence-corrected chi connectivity index (χ1v) is 9.64. The Morgan fingerprint density at radius 2 is 1.93 bits per heavy atom.